The minimum absolute atomic E-state index is 0.377. The van der Waals surface area contributed by atoms with Gasteiger partial charge in [-0.3, -0.25) is 4.98 Å². The summed E-state index contributed by atoms with van der Waals surface area (Å²) in [6.45, 7) is 8.98. The molecule has 8 nitrogen and oxygen atoms in total. The number of carbonyl (C=O) groups excluding carboxylic acids is 1. The van der Waals surface area contributed by atoms with Crippen LogP contribution in [0.2, 0.25) is 0 Å². The van der Waals surface area contributed by atoms with Crippen molar-refractivity contribution in [3.8, 4) is 17.2 Å². The number of anilines is 2. The quantitative estimate of drug-likeness (QED) is 0.198. The van der Waals surface area contributed by atoms with Crippen molar-refractivity contribution in [2.45, 2.75) is 6.42 Å². The molecule has 1 aromatic heterocycles. The van der Waals surface area contributed by atoms with E-state index in [1.165, 1.54) is 24.3 Å². The zero-order chi connectivity index (χ0) is 26.2. The fourth-order valence-corrected chi connectivity index (χ4v) is 3.55. The SMILES string of the molecule is [C-]#[N+]c1cc2c(Oc3ccc(NC(=O)Nc4ccc(F)cc4)cc3)ccnc2cc1OCCCN(C)C. The van der Waals surface area contributed by atoms with E-state index in [-0.39, 0.29) is 5.82 Å². The minimum Gasteiger partial charge on any atom is -0.504 e. The van der Waals surface area contributed by atoms with Crippen LogP contribution >= 0.6 is 0 Å². The molecule has 188 valence electrons. The number of amides is 2. The lowest BCUT2D eigenvalue weighted by atomic mass is 10.1. The Morgan fingerprint density at radius 3 is 2.32 bits per heavy atom. The maximum absolute atomic E-state index is 13.0. The van der Waals surface area contributed by atoms with Gasteiger partial charge in [-0.1, -0.05) is 0 Å². The van der Waals surface area contributed by atoms with Crippen LogP contribution in [-0.2, 0) is 0 Å². The molecule has 0 radical (unpaired) electrons. The van der Waals surface area contributed by atoms with Gasteiger partial charge in [-0.05, 0) is 87.2 Å². The van der Waals surface area contributed by atoms with Gasteiger partial charge in [0.15, 0.2) is 0 Å². The molecule has 0 bridgehead atoms. The van der Waals surface area contributed by atoms with E-state index < -0.39 is 6.03 Å². The number of benzene rings is 3. The Morgan fingerprint density at radius 2 is 1.68 bits per heavy atom. The standard InChI is InChI=1S/C28H26FN5O3/c1-30-25-17-23-24(18-27(25)36-16-4-15-34(2)3)31-14-13-26(23)37-22-11-9-21(10-12-22)33-28(35)32-20-7-5-19(29)6-8-20/h5-14,17-18H,4,15-16H2,2-3H3,(H2,32,33,35). The summed E-state index contributed by atoms with van der Waals surface area (Å²) >= 11 is 0. The van der Waals surface area contributed by atoms with E-state index in [1.54, 1.807) is 48.7 Å². The number of nitrogens with zero attached hydrogens (tertiary/aromatic N) is 3. The predicted octanol–water partition coefficient (Wildman–Crippen LogP) is 6.69. The Morgan fingerprint density at radius 1 is 1.00 bits per heavy atom. The highest BCUT2D eigenvalue weighted by Crippen LogP contribution is 2.37. The molecule has 2 N–H and O–H groups in total. The van der Waals surface area contributed by atoms with Crippen molar-refractivity contribution in [1.82, 2.24) is 9.88 Å². The van der Waals surface area contributed by atoms with Crippen LogP contribution in [0.5, 0.6) is 17.2 Å². The molecular formula is C28H26FN5O3. The number of hydrogen-bond donors (Lipinski definition) is 2. The van der Waals surface area contributed by atoms with E-state index in [9.17, 15) is 9.18 Å². The molecule has 37 heavy (non-hydrogen) atoms. The van der Waals surface area contributed by atoms with E-state index >= 15 is 0 Å². The van der Waals surface area contributed by atoms with E-state index in [4.69, 9.17) is 16.0 Å². The van der Waals surface area contributed by atoms with Crippen LogP contribution in [0.15, 0.2) is 72.9 Å². The van der Waals surface area contributed by atoms with E-state index in [1.807, 2.05) is 14.1 Å². The summed E-state index contributed by atoms with van der Waals surface area (Å²) in [5.74, 6) is 1.22. The van der Waals surface area contributed by atoms with Crippen LogP contribution in [0.1, 0.15) is 6.42 Å². The van der Waals surface area contributed by atoms with E-state index in [0.717, 1.165) is 13.0 Å². The van der Waals surface area contributed by atoms with Gasteiger partial charge in [0.2, 0.25) is 5.69 Å². The zero-order valence-electron chi connectivity index (χ0n) is 20.5. The van der Waals surface area contributed by atoms with Crippen LogP contribution in [0.4, 0.5) is 26.2 Å². The number of ether oxygens (including phenoxy) is 2. The lowest BCUT2D eigenvalue weighted by molar-refractivity contribution is 0.262. The molecule has 1 heterocycles. The molecular weight excluding hydrogens is 473 g/mol. The van der Waals surface area contributed by atoms with Gasteiger partial charge in [0.25, 0.3) is 0 Å². The van der Waals surface area contributed by atoms with Crippen molar-refractivity contribution in [2.75, 3.05) is 37.9 Å². The van der Waals surface area contributed by atoms with Crippen molar-refractivity contribution >= 4 is 34.0 Å². The van der Waals surface area contributed by atoms with Crippen molar-refractivity contribution in [3.05, 3.63) is 90.2 Å². The van der Waals surface area contributed by atoms with E-state index in [0.29, 0.717) is 51.8 Å². The largest absolute Gasteiger partial charge is 0.504 e. The van der Waals surface area contributed by atoms with Crippen LogP contribution in [0.3, 0.4) is 0 Å². The number of rotatable bonds is 9. The van der Waals surface area contributed by atoms with Gasteiger partial charge in [-0.25, -0.2) is 14.0 Å². The molecule has 3 aromatic carbocycles. The Labute approximate surface area is 214 Å². The molecule has 0 aliphatic rings. The highest BCUT2D eigenvalue weighted by atomic mass is 19.1. The van der Waals surface area contributed by atoms with Gasteiger partial charge in [0.05, 0.1) is 18.7 Å². The molecule has 9 heteroatoms. The fourth-order valence-electron chi connectivity index (χ4n) is 3.55. The summed E-state index contributed by atoms with van der Waals surface area (Å²) in [5.41, 5.74) is 2.08. The van der Waals surface area contributed by atoms with Gasteiger partial charge in [-0.15, -0.1) is 0 Å². The van der Waals surface area contributed by atoms with Crippen LogP contribution < -0.4 is 20.1 Å². The predicted molar refractivity (Wildman–Crippen MR) is 142 cm³/mol. The average Bonchev–Trinajstić information content (AvgIpc) is 2.88. The number of halogens is 1. The summed E-state index contributed by atoms with van der Waals surface area (Å²) in [4.78, 5) is 22.3. The molecule has 0 spiro atoms. The average molecular weight is 500 g/mol. The summed E-state index contributed by atoms with van der Waals surface area (Å²) < 4.78 is 24.9. The Kier molecular flexibility index (Phi) is 8.13. The summed E-state index contributed by atoms with van der Waals surface area (Å²) in [5, 5.41) is 6.04. The number of aromatic nitrogens is 1. The smallest absolute Gasteiger partial charge is 0.323 e. The normalized spacial score (nSPS) is 10.7. The molecule has 0 saturated heterocycles. The van der Waals surface area contributed by atoms with Crippen molar-refractivity contribution in [2.24, 2.45) is 0 Å². The molecule has 0 unspecified atom stereocenters. The lowest BCUT2D eigenvalue weighted by Crippen LogP contribution is -2.19. The molecule has 0 fully saturated rings. The third-order valence-electron chi connectivity index (χ3n) is 5.35. The first kappa shape index (κ1) is 25.4. The second-order valence-electron chi connectivity index (χ2n) is 8.48. The van der Waals surface area contributed by atoms with Crippen molar-refractivity contribution < 1.29 is 18.7 Å². The number of hydrogen-bond acceptors (Lipinski definition) is 5. The minimum atomic E-state index is -0.452. The second-order valence-corrected chi connectivity index (χ2v) is 8.48. The molecule has 0 atom stereocenters. The maximum atomic E-state index is 13.0. The number of urea groups is 1. The summed E-state index contributed by atoms with van der Waals surface area (Å²) in [7, 11) is 4.01. The topological polar surface area (TPSA) is 80.1 Å². The zero-order valence-corrected chi connectivity index (χ0v) is 20.5. The monoisotopic (exact) mass is 499 g/mol. The third-order valence-corrected chi connectivity index (χ3v) is 5.35. The number of carbonyl (C=O) groups is 1. The van der Waals surface area contributed by atoms with Gasteiger partial charge >= 0.3 is 6.03 Å². The Hall–Kier alpha value is -4.68. The highest BCUT2D eigenvalue weighted by Gasteiger charge is 2.12. The fraction of sp³-hybridized carbons (Fsp3) is 0.179. The highest BCUT2D eigenvalue weighted by molar-refractivity contribution is 5.99. The third kappa shape index (κ3) is 6.93. The summed E-state index contributed by atoms with van der Waals surface area (Å²) in [6, 6.07) is 17.1. The Bertz CT molecular complexity index is 1420. The number of fused-ring (bicyclic) bond motifs is 1. The van der Waals surface area contributed by atoms with Crippen LogP contribution in [0.25, 0.3) is 15.7 Å². The first-order chi connectivity index (χ1) is 17.9. The molecule has 0 aliphatic heterocycles. The first-order valence-electron chi connectivity index (χ1n) is 11.6. The van der Waals surface area contributed by atoms with Crippen LogP contribution in [0, 0.1) is 12.4 Å². The Balaban J connectivity index is 1.43. The summed E-state index contributed by atoms with van der Waals surface area (Å²) in [6.07, 6.45) is 2.48. The number of nitrogens with one attached hydrogen (secondary N) is 2. The van der Waals surface area contributed by atoms with Gasteiger partial charge in [-0.2, -0.15) is 0 Å². The lowest BCUT2D eigenvalue weighted by Gasteiger charge is -2.14. The number of pyridine rings is 1. The van der Waals surface area contributed by atoms with Gasteiger partial charge in [0.1, 0.15) is 23.1 Å². The van der Waals surface area contributed by atoms with Gasteiger partial charge in [0, 0.05) is 29.5 Å². The van der Waals surface area contributed by atoms with Crippen LogP contribution in [-0.4, -0.2) is 43.2 Å². The molecule has 4 aromatic rings. The first-order valence-corrected chi connectivity index (χ1v) is 11.6. The molecule has 0 aliphatic carbocycles. The molecule has 2 amide bonds. The van der Waals surface area contributed by atoms with E-state index in [2.05, 4.69) is 25.4 Å². The van der Waals surface area contributed by atoms with Gasteiger partial charge < -0.3 is 25.0 Å². The molecule has 4 rings (SSSR count). The second kappa shape index (κ2) is 11.8. The van der Waals surface area contributed by atoms with Crippen molar-refractivity contribution in [1.29, 1.82) is 0 Å². The molecule has 0 saturated carbocycles. The van der Waals surface area contributed by atoms with Crippen molar-refractivity contribution in [3.63, 3.8) is 0 Å². The maximum Gasteiger partial charge on any atom is 0.323 e.